The van der Waals surface area contributed by atoms with Gasteiger partial charge in [0.05, 0.1) is 24.2 Å². The van der Waals surface area contributed by atoms with Crippen molar-refractivity contribution in [1.29, 1.82) is 0 Å². The summed E-state index contributed by atoms with van der Waals surface area (Å²) in [5.41, 5.74) is 0.140. The van der Waals surface area contributed by atoms with Crippen molar-refractivity contribution in [3.8, 4) is 0 Å². The molecule has 1 aromatic rings. The van der Waals surface area contributed by atoms with Crippen LogP contribution in [0.4, 0.5) is 0 Å². The van der Waals surface area contributed by atoms with Crippen LogP contribution in [0.3, 0.4) is 0 Å². The molecule has 2 saturated carbocycles. The van der Waals surface area contributed by atoms with E-state index in [-0.39, 0.29) is 23.5 Å². The van der Waals surface area contributed by atoms with Gasteiger partial charge in [-0.05, 0) is 31.2 Å². The average Bonchev–Trinajstić information content (AvgIpc) is 3.19. The van der Waals surface area contributed by atoms with Crippen LogP contribution < -0.4 is 5.32 Å². The topological polar surface area (TPSA) is 58.6 Å². The maximum absolute atomic E-state index is 12.9. The van der Waals surface area contributed by atoms with E-state index < -0.39 is 5.41 Å². The molecule has 0 bridgehead atoms. The van der Waals surface area contributed by atoms with Crippen LogP contribution in [0.15, 0.2) is 30.3 Å². The molecule has 4 nitrogen and oxygen atoms in total. The van der Waals surface area contributed by atoms with E-state index >= 15 is 0 Å². The highest BCUT2D eigenvalue weighted by atomic mass is 16.5. The molecular formula is C19H25NO3. The molecule has 0 aromatic heterocycles. The van der Waals surface area contributed by atoms with Gasteiger partial charge in [0.25, 0.3) is 0 Å². The molecule has 4 rings (SSSR count). The molecule has 3 fully saturated rings. The molecule has 1 aliphatic heterocycles. The Balaban J connectivity index is 1.48. The van der Waals surface area contributed by atoms with Crippen molar-refractivity contribution in [2.45, 2.75) is 43.6 Å². The fourth-order valence-corrected chi connectivity index (χ4v) is 4.57. The Morgan fingerprint density at radius 1 is 1.39 bits per heavy atom. The fourth-order valence-electron chi connectivity index (χ4n) is 4.57. The summed E-state index contributed by atoms with van der Waals surface area (Å²) < 4.78 is 6.00. The lowest BCUT2D eigenvalue weighted by atomic mass is 9.68. The van der Waals surface area contributed by atoms with E-state index in [9.17, 15) is 9.90 Å². The third-order valence-electron chi connectivity index (χ3n) is 6.50. The van der Waals surface area contributed by atoms with Crippen LogP contribution in [0.25, 0.3) is 0 Å². The van der Waals surface area contributed by atoms with Crippen molar-refractivity contribution < 1.29 is 14.6 Å². The summed E-state index contributed by atoms with van der Waals surface area (Å²) in [5, 5.41) is 13.0. The first-order valence-electron chi connectivity index (χ1n) is 8.65. The maximum atomic E-state index is 12.9. The number of amides is 1. The lowest BCUT2D eigenvalue weighted by Gasteiger charge is -2.44. The largest absolute Gasteiger partial charge is 0.395 e. The van der Waals surface area contributed by atoms with Gasteiger partial charge in [0, 0.05) is 17.9 Å². The van der Waals surface area contributed by atoms with Crippen LogP contribution in [0.1, 0.15) is 38.2 Å². The number of aliphatic hydroxyl groups excluding tert-OH is 1. The monoisotopic (exact) mass is 315 g/mol. The molecule has 1 aromatic carbocycles. The summed E-state index contributed by atoms with van der Waals surface area (Å²) in [6.07, 6.45) is 4.18. The average molecular weight is 315 g/mol. The molecular weight excluding hydrogens is 290 g/mol. The molecule has 3 aliphatic rings. The molecule has 1 heterocycles. The second-order valence-corrected chi connectivity index (χ2v) is 7.80. The van der Waals surface area contributed by atoms with Gasteiger partial charge in [0.1, 0.15) is 0 Å². The van der Waals surface area contributed by atoms with Gasteiger partial charge < -0.3 is 15.2 Å². The zero-order valence-electron chi connectivity index (χ0n) is 13.7. The number of ether oxygens (including phenoxy) is 1. The second kappa shape index (κ2) is 5.05. The summed E-state index contributed by atoms with van der Waals surface area (Å²) in [6, 6.07) is 9.91. The van der Waals surface area contributed by atoms with Gasteiger partial charge in [-0.3, -0.25) is 4.79 Å². The summed E-state index contributed by atoms with van der Waals surface area (Å²) in [7, 11) is 0. The number of nitrogens with one attached hydrogen (secondary N) is 1. The van der Waals surface area contributed by atoms with Gasteiger partial charge in [-0.25, -0.2) is 0 Å². The van der Waals surface area contributed by atoms with E-state index in [0.717, 1.165) is 31.4 Å². The molecule has 0 radical (unpaired) electrons. The number of fused-ring (bicyclic) bond motifs is 2. The van der Waals surface area contributed by atoms with Gasteiger partial charge in [0.2, 0.25) is 5.91 Å². The van der Waals surface area contributed by atoms with E-state index in [1.165, 1.54) is 6.42 Å². The molecule has 23 heavy (non-hydrogen) atoms. The van der Waals surface area contributed by atoms with Crippen molar-refractivity contribution in [3.05, 3.63) is 35.9 Å². The van der Waals surface area contributed by atoms with Crippen molar-refractivity contribution in [3.63, 3.8) is 0 Å². The lowest BCUT2D eigenvalue weighted by molar-refractivity contribution is -0.149. The van der Waals surface area contributed by atoms with E-state index in [1.54, 1.807) is 0 Å². The Morgan fingerprint density at radius 2 is 2.13 bits per heavy atom. The molecule has 3 atom stereocenters. The van der Waals surface area contributed by atoms with Crippen molar-refractivity contribution in [2.75, 3.05) is 19.8 Å². The zero-order valence-corrected chi connectivity index (χ0v) is 13.7. The van der Waals surface area contributed by atoms with Gasteiger partial charge >= 0.3 is 0 Å². The smallest absolute Gasteiger partial charge is 0.229 e. The lowest BCUT2D eigenvalue weighted by Crippen LogP contribution is -2.54. The van der Waals surface area contributed by atoms with Crippen molar-refractivity contribution in [1.82, 2.24) is 5.32 Å². The van der Waals surface area contributed by atoms with Gasteiger partial charge in [-0.1, -0.05) is 37.3 Å². The number of hydrogen-bond acceptors (Lipinski definition) is 3. The summed E-state index contributed by atoms with van der Waals surface area (Å²) >= 11 is 0. The Kier molecular flexibility index (Phi) is 3.33. The van der Waals surface area contributed by atoms with E-state index in [2.05, 4.69) is 5.32 Å². The summed E-state index contributed by atoms with van der Waals surface area (Å²) in [4.78, 5) is 12.9. The minimum Gasteiger partial charge on any atom is -0.395 e. The van der Waals surface area contributed by atoms with Crippen LogP contribution in [-0.4, -0.2) is 36.4 Å². The number of aliphatic hydroxyl groups is 1. The van der Waals surface area contributed by atoms with Crippen LogP contribution in [0.5, 0.6) is 0 Å². The highest BCUT2D eigenvalue weighted by Crippen LogP contribution is 2.71. The fraction of sp³-hybridized carbons (Fsp3) is 0.632. The maximum Gasteiger partial charge on any atom is 0.229 e. The summed E-state index contributed by atoms with van der Waals surface area (Å²) in [6.45, 7) is 3.20. The van der Waals surface area contributed by atoms with E-state index in [4.69, 9.17) is 4.74 Å². The minimum atomic E-state index is -0.454. The molecule has 124 valence electrons. The molecule has 2 N–H and O–H groups in total. The molecule has 1 spiro atoms. The van der Waals surface area contributed by atoms with Crippen molar-refractivity contribution >= 4 is 5.91 Å². The van der Waals surface area contributed by atoms with Crippen LogP contribution in [0.2, 0.25) is 0 Å². The SMILES string of the molecule is CC(CO)(CNC(=O)[C@]12C[C@H]1COC21CCC1)c1ccccc1. The Bertz CT molecular complexity index is 612. The Labute approximate surface area is 137 Å². The van der Waals surface area contributed by atoms with Crippen LogP contribution >= 0.6 is 0 Å². The highest BCUT2D eigenvalue weighted by molar-refractivity contribution is 5.88. The number of hydrogen-bond donors (Lipinski definition) is 2. The standard InChI is InChI=1S/C19H25NO3/c1-17(13-21,14-6-3-2-4-7-14)12-20-16(22)19-10-15(19)11-23-18(19)8-5-9-18/h2-4,6-7,15,21H,5,8-13H2,1H3,(H,20,22)/t15-,17?,19-/m0/s1. The summed E-state index contributed by atoms with van der Waals surface area (Å²) in [5.74, 6) is 0.537. The number of carbonyl (C=O) groups excluding carboxylic acids is 1. The predicted molar refractivity (Wildman–Crippen MR) is 87.0 cm³/mol. The number of benzene rings is 1. The van der Waals surface area contributed by atoms with E-state index in [0.29, 0.717) is 12.5 Å². The highest BCUT2D eigenvalue weighted by Gasteiger charge is 2.77. The molecule has 1 saturated heterocycles. The van der Waals surface area contributed by atoms with Gasteiger partial charge in [-0.2, -0.15) is 0 Å². The second-order valence-electron chi connectivity index (χ2n) is 7.80. The molecule has 4 heteroatoms. The molecule has 1 amide bonds. The van der Waals surface area contributed by atoms with Gasteiger partial charge in [-0.15, -0.1) is 0 Å². The third kappa shape index (κ3) is 2.01. The number of carbonyl (C=O) groups is 1. The number of rotatable bonds is 5. The van der Waals surface area contributed by atoms with Crippen molar-refractivity contribution in [2.24, 2.45) is 11.3 Å². The first-order valence-corrected chi connectivity index (χ1v) is 8.65. The molecule has 1 unspecified atom stereocenters. The van der Waals surface area contributed by atoms with E-state index in [1.807, 2.05) is 37.3 Å². The predicted octanol–water partition coefficient (Wildman–Crippen LogP) is 2.01. The third-order valence-corrected chi connectivity index (χ3v) is 6.50. The van der Waals surface area contributed by atoms with Crippen LogP contribution in [-0.2, 0) is 14.9 Å². The zero-order chi connectivity index (χ0) is 16.1. The van der Waals surface area contributed by atoms with Gasteiger partial charge in [0.15, 0.2) is 0 Å². The molecule has 2 aliphatic carbocycles. The Hall–Kier alpha value is -1.39. The first kappa shape index (κ1) is 15.2. The van der Waals surface area contributed by atoms with Crippen LogP contribution in [0, 0.1) is 11.3 Å². The normalized spacial score (nSPS) is 32.7. The minimum absolute atomic E-state index is 0.00929. The first-order chi connectivity index (χ1) is 11.1. The Morgan fingerprint density at radius 3 is 2.70 bits per heavy atom. The quantitative estimate of drug-likeness (QED) is 0.874.